The van der Waals surface area contributed by atoms with Crippen molar-refractivity contribution in [3.63, 3.8) is 0 Å². The second kappa shape index (κ2) is 7.56. The van der Waals surface area contributed by atoms with E-state index in [1.54, 1.807) is 11.0 Å². The van der Waals surface area contributed by atoms with Crippen molar-refractivity contribution in [1.82, 2.24) is 19.7 Å². The minimum atomic E-state index is -0.527. The molecule has 3 aromatic rings. The predicted molar refractivity (Wildman–Crippen MR) is 94.9 cm³/mol. The molecule has 0 aliphatic heterocycles. The van der Waals surface area contributed by atoms with Gasteiger partial charge in [0.2, 0.25) is 0 Å². The summed E-state index contributed by atoms with van der Waals surface area (Å²) in [6.07, 6.45) is 2.67. The van der Waals surface area contributed by atoms with Gasteiger partial charge in [-0.15, -0.1) is 0 Å². The Morgan fingerprint density at radius 2 is 2.00 bits per heavy atom. The number of carbonyl (C=O) groups is 1. The molecule has 0 bridgehead atoms. The monoisotopic (exact) mass is 351 g/mol. The van der Waals surface area contributed by atoms with Crippen molar-refractivity contribution < 1.29 is 9.72 Å². The van der Waals surface area contributed by atoms with Gasteiger partial charge in [0.1, 0.15) is 18.3 Å². The van der Waals surface area contributed by atoms with Crippen molar-refractivity contribution >= 4 is 11.6 Å². The number of amides is 1. The number of hydrogen-bond acceptors (Lipinski definition) is 5. The van der Waals surface area contributed by atoms with Gasteiger partial charge in [0.25, 0.3) is 11.6 Å². The molecule has 1 amide bonds. The summed E-state index contributed by atoms with van der Waals surface area (Å²) in [6.45, 7) is 2.81. The van der Waals surface area contributed by atoms with E-state index in [0.717, 1.165) is 5.56 Å². The zero-order valence-corrected chi connectivity index (χ0v) is 14.1. The van der Waals surface area contributed by atoms with Gasteiger partial charge >= 0.3 is 0 Å². The van der Waals surface area contributed by atoms with Crippen LogP contribution in [0.25, 0.3) is 5.69 Å². The minimum Gasteiger partial charge on any atom is -0.335 e. The highest BCUT2D eigenvalue weighted by atomic mass is 16.6. The third-order valence-electron chi connectivity index (χ3n) is 3.97. The van der Waals surface area contributed by atoms with Crippen LogP contribution < -0.4 is 0 Å². The number of carbonyl (C=O) groups excluding carboxylic acids is 1. The molecule has 0 fully saturated rings. The minimum absolute atomic E-state index is 0.197. The fraction of sp³-hybridized carbons (Fsp3) is 0.167. The van der Waals surface area contributed by atoms with Crippen LogP contribution in [0.1, 0.15) is 22.8 Å². The van der Waals surface area contributed by atoms with E-state index in [1.807, 2.05) is 37.3 Å². The van der Waals surface area contributed by atoms with Crippen LogP contribution >= 0.6 is 0 Å². The number of nitro groups is 1. The molecule has 1 aromatic heterocycles. The normalized spacial score (nSPS) is 10.5. The van der Waals surface area contributed by atoms with Crippen LogP contribution in [0.2, 0.25) is 0 Å². The Morgan fingerprint density at radius 1 is 1.23 bits per heavy atom. The van der Waals surface area contributed by atoms with E-state index in [2.05, 4.69) is 10.1 Å². The first kappa shape index (κ1) is 17.3. The van der Waals surface area contributed by atoms with E-state index in [4.69, 9.17) is 0 Å². The predicted octanol–water partition coefficient (Wildman–Crippen LogP) is 2.84. The Hall–Kier alpha value is -3.55. The number of rotatable bonds is 6. The van der Waals surface area contributed by atoms with Gasteiger partial charge < -0.3 is 4.90 Å². The van der Waals surface area contributed by atoms with Crippen LogP contribution in [-0.2, 0) is 6.54 Å². The average Bonchev–Trinajstić information content (AvgIpc) is 3.20. The van der Waals surface area contributed by atoms with E-state index in [0.29, 0.717) is 13.1 Å². The van der Waals surface area contributed by atoms with Gasteiger partial charge in [-0.3, -0.25) is 14.9 Å². The second-order valence-electron chi connectivity index (χ2n) is 5.61. The Labute approximate surface area is 149 Å². The third-order valence-corrected chi connectivity index (χ3v) is 3.97. The quantitative estimate of drug-likeness (QED) is 0.503. The number of aromatic nitrogens is 3. The number of nitro benzene ring substituents is 1. The van der Waals surface area contributed by atoms with E-state index in [-0.39, 0.29) is 22.8 Å². The maximum absolute atomic E-state index is 12.8. The summed E-state index contributed by atoms with van der Waals surface area (Å²) in [5.74, 6) is -0.260. The topological polar surface area (TPSA) is 94.2 Å². The highest BCUT2D eigenvalue weighted by Crippen LogP contribution is 2.24. The maximum Gasteiger partial charge on any atom is 0.295 e. The van der Waals surface area contributed by atoms with Gasteiger partial charge in [0.15, 0.2) is 0 Å². The Morgan fingerprint density at radius 3 is 2.62 bits per heavy atom. The van der Waals surface area contributed by atoms with Crippen molar-refractivity contribution in [1.29, 1.82) is 0 Å². The molecule has 0 saturated heterocycles. The lowest BCUT2D eigenvalue weighted by Gasteiger charge is -2.21. The molecule has 3 rings (SSSR count). The molecule has 132 valence electrons. The molecule has 0 saturated carbocycles. The molecule has 0 spiro atoms. The summed E-state index contributed by atoms with van der Waals surface area (Å²) in [5, 5.41) is 15.4. The average molecular weight is 351 g/mol. The van der Waals surface area contributed by atoms with Gasteiger partial charge in [-0.25, -0.2) is 9.67 Å². The Kier molecular flexibility index (Phi) is 5.02. The van der Waals surface area contributed by atoms with Crippen LogP contribution in [-0.4, -0.2) is 37.0 Å². The highest BCUT2D eigenvalue weighted by Gasteiger charge is 2.22. The molecule has 0 radical (unpaired) electrons. The molecular formula is C18H17N5O3. The van der Waals surface area contributed by atoms with Crippen LogP contribution in [0.4, 0.5) is 5.69 Å². The molecule has 2 aromatic carbocycles. The molecule has 1 heterocycles. The summed E-state index contributed by atoms with van der Waals surface area (Å²) in [6, 6.07) is 14.0. The maximum atomic E-state index is 12.8. The molecule has 0 atom stereocenters. The summed E-state index contributed by atoms with van der Waals surface area (Å²) in [7, 11) is 0. The van der Waals surface area contributed by atoms with Crippen molar-refractivity contribution in [2.75, 3.05) is 6.54 Å². The standard InChI is InChI=1S/C18H17N5O3/c1-2-21(11-14-6-4-3-5-7-14)18(24)15-8-9-16(17(10-15)23(25)26)22-13-19-12-20-22/h3-10,12-13H,2,11H2,1H3. The van der Waals surface area contributed by atoms with Gasteiger partial charge in [0.05, 0.1) is 4.92 Å². The Balaban J connectivity index is 1.91. The zero-order valence-electron chi connectivity index (χ0n) is 14.1. The Bertz CT molecular complexity index is 910. The molecule has 8 heteroatoms. The second-order valence-corrected chi connectivity index (χ2v) is 5.61. The lowest BCUT2D eigenvalue weighted by Crippen LogP contribution is -2.30. The van der Waals surface area contributed by atoms with Crippen LogP contribution in [0.15, 0.2) is 61.2 Å². The van der Waals surface area contributed by atoms with E-state index < -0.39 is 4.92 Å². The van der Waals surface area contributed by atoms with E-state index in [1.165, 1.54) is 29.5 Å². The summed E-state index contributed by atoms with van der Waals surface area (Å²) >= 11 is 0. The summed E-state index contributed by atoms with van der Waals surface area (Å²) < 4.78 is 1.30. The fourth-order valence-corrected chi connectivity index (χ4v) is 2.64. The van der Waals surface area contributed by atoms with Crippen molar-refractivity contribution in [3.8, 4) is 5.69 Å². The SMILES string of the molecule is CCN(Cc1ccccc1)C(=O)c1ccc(-n2cncn2)c([N+](=O)[O-])c1. The molecule has 0 aliphatic rings. The zero-order chi connectivity index (χ0) is 18.5. The lowest BCUT2D eigenvalue weighted by atomic mass is 10.1. The fourth-order valence-electron chi connectivity index (χ4n) is 2.64. The van der Waals surface area contributed by atoms with E-state index >= 15 is 0 Å². The van der Waals surface area contributed by atoms with Crippen LogP contribution in [0.5, 0.6) is 0 Å². The van der Waals surface area contributed by atoms with Crippen LogP contribution in [0.3, 0.4) is 0 Å². The van der Waals surface area contributed by atoms with Gasteiger partial charge in [0, 0.05) is 24.7 Å². The number of hydrogen-bond donors (Lipinski definition) is 0. The first-order valence-corrected chi connectivity index (χ1v) is 8.06. The van der Waals surface area contributed by atoms with Crippen molar-refractivity contribution in [2.45, 2.75) is 13.5 Å². The summed E-state index contributed by atoms with van der Waals surface area (Å²) in [4.78, 5) is 29.2. The molecule has 0 aliphatic carbocycles. The van der Waals surface area contributed by atoms with Gasteiger partial charge in [-0.1, -0.05) is 30.3 Å². The third kappa shape index (κ3) is 3.59. The molecule has 8 nitrogen and oxygen atoms in total. The van der Waals surface area contributed by atoms with E-state index in [9.17, 15) is 14.9 Å². The van der Waals surface area contributed by atoms with Crippen molar-refractivity contribution in [2.24, 2.45) is 0 Å². The first-order valence-electron chi connectivity index (χ1n) is 8.06. The molecule has 0 unspecified atom stereocenters. The largest absolute Gasteiger partial charge is 0.335 e. The van der Waals surface area contributed by atoms with Crippen LogP contribution in [0, 0.1) is 10.1 Å². The van der Waals surface area contributed by atoms with Gasteiger partial charge in [-0.05, 0) is 24.6 Å². The molecular weight excluding hydrogens is 334 g/mol. The molecule has 26 heavy (non-hydrogen) atoms. The van der Waals surface area contributed by atoms with Gasteiger partial charge in [-0.2, -0.15) is 5.10 Å². The smallest absolute Gasteiger partial charge is 0.295 e. The number of benzene rings is 2. The van der Waals surface area contributed by atoms with Crippen molar-refractivity contribution in [3.05, 3.63) is 82.4 Å². The highest BCUT2D eigenvalue weighted by molar-refractivity contribution is 5.95. The first-order chi connectivity index (χ1) is 12.6. The molecule has 0 N–H and O–H groups in total. The summed E-state index contributed by atoms with van der Waals surface area (Å²) in [5.41, 5.74) is 1.32. The number of nitrogens with zero attached hydrogens (tertiary/aromatic N) is 5. The lowest BCUT2D eigenvalue weighted by molar-refractivity contribution is -0.384.